The van der Waals surface area contributed by atoms with E-state index in [1.165, 1.54) is 41.0 Å². The van der Waals surface area contributed by atoms with Crippen molar-refractivity contribution in [1.82, 2.24) is 0 Å². The summed E-state index contributed by atoms with van der Waals surface area (Å²) in [4.78, 5) is 0. The molecule has 0 amide bonds. The third-order valence-electron chi connectivity index (χ3n) is 4.41. The van der Waals surface area contributed by atoms with Gasteiger partial charge in [-0.2, -0.15) is 11.8 Å². The van der Waals surface area contributed by atoms with Crippen LogP contribution in [-0.4, -0.2) is 24.7 Å². The molecule has 2 nitrogen and oxygen atoms in total. The summed E-state index contributed by atoms with van der Waals surface area (Å²) in [5.41, 5.74) is 10.1. The Kier molecular flexibility index (Phi) is 5.79. The van der Waals surface area contributed by atoms with Crippen LogP contribution >= 0.6 is 11.8 Å². The lowest BCUT2D eigenvalue weighted by Gasteiger charge is -2.31. The molecular formula is C17H27NOS. The van der Waals surface area contributed by atoms with Gasteiger partial charge in [0.25, 0.3) is 0 Å². The van der Waals surface area contributed by atoms with E-state index in [0.717, 1.165) is 12.3 Å². The first-order chi connectivity index (χ1) is 9.67. The molecule has 0 spiro atoms. The van der Waals surface area contributed by atoms with Crippen LogP contribution in [0.5, 0.6) is 5.75 Å². The number of hydrogen-bond donors (Lipinski definition) is 1. The van der Waals surface area contributed by atoms with Crippen molar-refractivity contribution in [3.05, 3.63) is 28.8 Å². The first-order valence-corrected chi connectivity index (χ1v) is 8.84. The Morgan fingerprint density at radius 2 is 1.90 bits per heavy atom. The fourth-order valence-corrected chi connectivity index (χ4v) is 4.22. The summed E-state index contributed by atoms with van der Waals surface area (Å²) >= 11 is 2.07. The zero-order valence-corrected chi connectivity index (χ0v) is 13.8. The van der Waals surface area contributed by atoms with Gasteiger partial charge in [-0.05, 0) is 80.3 Å². The maximum Gasteiger partial charge on any atom is 0.123 e. The number of rotatable bonds is 5. The van der Waals surface area contributed by atoms with Gasteiger partial charge in [0, 0.05) is 5.92 Å². The molecule has 0 saturated carbocycles. The van der Waals surface area contributed by atoms with Crippen molar-refractivity contribution in [2.24, 2.45) is 11.7 Å². The van der Waals surface area contributed by atoms with Gasteiger partial charge in [0.05, 0.1) is 6.61 Å². The summed E-state index contributed by atoms with van der Waals surface area (Å²) in [6.45, 7) is 7.81. The van der Waals surface area contributed by atoms with Gasteiger partial charge in [-0.1, -0.05) is 6.07 Å². The number of ether oxygens (including phenoxy) is 1. The van der Waals surface area contributed by atoms with Crippen LogP contribution in [0.2, 0.25) is 0 Å². The Labute approximate surface area is 127 Å². The third kappa shape index (κ3) is 3.50. The fraction of sp³-hybridized carbons (Fsp3) is 0.647. The van der Waals surface area contributed by atoms with Crippen molar-refractivity contribution in [3.63, 3.8) is 0 Å². The minimum absolute atomic E-state index is 0.441. The predicted octanol–water partition coefficient (Wildman–Crippen LogP) is 3.89. The maximum atomic E-state index is 6.13. The second kappa shape index (κ2) is 7.37. The third-order valence-corrected chi connectivity index (χ3v) is 5.46. The Balaban J connectivity index is 2.33. The molecule has 1 aromatic rings. The minimum atomic E-state index is 0.441. The molecule has 2 N–H and O–H groups in total. The molecule has 1 atom stereocenters. The van der Waals surface area contributed by atoms with Crippen LogP contribution in [0.4, 0.5) is 0 Å². The molecule has 0 bridgehead atoms. The van der Waals surface area contributed by atoms with Gasteiger partial charge in [0.2, 0.25) is 0 Å². The largest absolute Gasteiger partial charge is 0.494 e. The van der Waals surface area contributed by atoms with E-state index < -0.39 is 0 Å². The molecule has 0 aliphatic carbocycles. The molecule has 1 aliphatic rings. The van der Waals surface area contributed by atoms with Crippen LogP contribution in [0, 0.1) is 19.8 Å². The SMILES string of the molecule is CCOc1cc(C)c(C)cc1C(CN)C1CCSCC1. The smallest absolute Gasteiger partial charge is 0.123 e. The lowest BCUT2D eigenvalue weighted by Crippen LogP contribution is -2.25. The molecule has 3 heteroatoms. The van der Waals surface area contributed by atoms with Crippen molar-refractivity contribution in [2.75, 3.05) is 24.7 Å². The molecule has 1 unspecified atom stereocenters. The van der Waals surface area contributed by atoms with E-state index in [0.29, 0.717) is 18.4 Å². The summed E-state index contributed by atoms with van der Waals surface area (Å²) < 4.78 is 5.89. The summed E-state index contributed by atoms with van der Waals surface area (Å²) in [5, 5.41) is 0. The first-order valence-electron chi connectivity index (χ1n) is 7.69. The molecule has 0 radical (unpaired) electrons. The Bertz CT molecular complexity index is 441. The van der Waals surface area contributed by atoms with Gasteiger partial charge < -0.3 is 10.5 Å². The zero-order chi connectivity index (χ0) is 14.5. The molecule has 1 saturated heterocycles. The predicted molar refractivity (Wildman–Crippen MR) is 88.9 cm³/mol. The van der Waals surface area contributed by atoms with Crippen molar-refractivity contribution >= 4 is 11.8 Å². The van der Waals surface area contributed by atoms with E-state index in [1.807, 2.05) is 6.92 Å². The van der Waals surface area contributed by atoms with E-state index >= 15 is 0 Å². The van der Waals surface area contributed by atoms with Gasteiger partial charge >= 0.3 is 0 Å². The van der Waals surface area contributed by atoms with Gasteiger partial charge in [0.1, 0.15) is 5.75 Å². The molecule has 2 rings (SSSR count). The highest BCUT2D eigenvalue weighted by molar-refractivity contribution is 7.99. The number of benzene rings is 1. The van der Waals surface area contributed by atoms with Gasteiger partial charge in [-0.15, -0.1) is 0 Å². The minimum Gasteiger partial charge on any atom is -0.494 e. The van der Waals surface area contributed by atoms with Crippen molar-refractivity contribution in [1.29, 1.82) is 0 Å². The summed E-state index contributed by atoms with van der Waals surface area (Å²) in [6, 6.07) is 4.49. The summed E-state index contributed by atoms with van der Waals surface area (Å²) in [6.07, 6.45) is 2.57. The summed E-state index contributed by atoms with van der Waals surface area (Å²) in [7, 11) is 0. The average molecular weight is 293 g/mol. The molecule has 0 aromatic heterocycles. The molecular weight excluding hydrogens is 266 g/mol. The second-order valence-corrected chi connectivity index (χ2v) is 6.92. The molecule has 112 valence electrons. The van der Waals surface area contributed by atoms with Crippen molar-refractivity contribution < 1.29 is 4.74 Å². The molecule has 1 aliphatic heterocycles. The van der Waals surface area contributed by atoms with Crippen molar-refractivity contribution in [2.45, 2.75) is 39.5 Å². The van der Waals surface area contributed by atoms with Crippen LogP contribution in [0.25, 0.3) is 0 Å². The standard InChI is InChI=1S/C17H27NOS/c1-4-19-17-10-13(3)12(2)9-15(17)16(11-18)14-5-7-20-8-6-14/h9-10,14,16H,4-8,11,18H2,1-3H3. The van der Waals surface area contributed by atoms with E-state index in [2.05, 4.69) is 37.7 Å². The molecule has 20 heavy (non-hydrogen) atoms. The highest BCUT2D eigenvalue weighted by atomic mass is 32.2. The normalized spacial score (nSPS) is 18.0. The monoisotopic (exact) mass is 293 g/mol. The van der Waals surface area contributed by atoms with Crippen LogP contribution in [-0.2, 0) is 0 Å². The van der Waals surface area contributed by atoms with Crippen LogP contribution in [0.3, 0.4) is 0 Å². The number of nitrogens with two attached hydrogens (primary N) is 1. The number of thioether (sulfide) groups is 1. The van der Waals surface area contributed by atoms with E-state index in [1.54, 1.807) is 0 Å². The first kappa shape index (κ1) is 15.7. The van der Waals surface area contributed by atoms with E-state index in [-0.39, 0.29) is 0 Å². The van der Waals surface area contributed by atoms with Crippen LogP contribution in [0.1, 0.15) is 42.4 Å². The summed E-state index contributed by atoms with van der Waals surface area (Å²) in [5.74, 6) is 4.75. The Hall–Kier alpha value is -0.670. The number of aryl methyl sites for hydroxylation is 2. The topological polar surface area (TPSA) is 35.2 Å². The van der Waals surface area contributed by atoms with E-state index in [9.17, 15) is 0 Å². The van der Waals surface area contributed by atoms with E-state index in [4.69, 9.17) is 10.5 Å². The molecule has 1 heterocycles. The van der Waals surface area contributed by atoms with Crippen molar-refractivity contribution in [3.8, 4) is 5.75 Å². The van der Waals surface area contributed by atoms with Gasteiger partial charge in [-0.25, -0.2) is 0 Å². The lowest BCUT2D eigenvalue weighted by atomic mass is 9.81. The van der Waals surface area contributed by atoms with Gasteiger partial charge in [-0.3, -0.25) is 0 Å². The Morgan fingerprint density at radius 3 is 2.50 bits per heavy atom. The fourth-order valence-electron chi connectivity index (χ4n) is 3.07. The average Bonchev–Trinajstić information content (AvgIpc) is 2.46. The second-order valence-electron chi connectivity index (χ2n) is 5.70. The number of hydrogen-bond acceptors (Lipinski definition) is 3. The highest BCUT2D eigenvalue weighted by Crippen LogP contribution is 2.39. The quantitative estimate of drug-likeness (QED) is 0.894. The zero-order valence-electron chi connectivity index (χ0n) is 12.9. The highest BCUT2D eigenvalue weighted by Gasteiger charge is 2.27. The maximum absolute atomic E-state index is 6.13. The van der Waals surface area contributed by atoms with Gasteiger partial charge in [0.15, 0.2) is 0 Å². The Morgan fingerprint density at radius 1 is 1.25 bits per heavy atom. The lowest BCUT2D eigenvalue weighted by molar-refractivity contribution is 0.323. The molecule has 1 aromatic carbocycles. The van der Waals surface area contributed by atoms with Crippen LogP contribution < -0.4 is 10.5 Å². The van der Waals surface area contributed by atoms with Crippen LogP contribution in [0.15, 0.2) is 12.1 Å². The molecule has 1 fully saturated rings.